The maximum atomic E-state index is 13.1. The molecule has 0 aliphatic carbocycles. The van der Waals surface area contributed by atoms with E-state index in [9.17, 15) is 14.4 Å². The summed E-state index contributed by atoms with van der Waals surface area (Å²) in [6.45, 7) is 6.65. The van der Waals surface area contributed by atoms with Gasteiger partial charge in [-0.2, -0.15) is 0 Å². The summed E-state index contributed by atoms with van der Waals surface area (Å²) in [6.07, 6.45) is 0.768. The van der Waals surface area contributed by atoms with E-state index >= 15 is 0 Å². The van der Waals surface area contributed by atoms with Gasteiger partial charge in [0.25, 0.3) is 5.56 Å². The number of carbonyl (C=O) groups excluding carboxylic acids is 2. The first-order valence-electron chi connectivity index (χ1n) is 10.7. The van der Waals surface area contributed by atoms with Gasteiger partial charge in [0, 0.05) is 24.4 Å². The van der Waals surface area contributed by atoms with E-state index in [1.165, 1.54) is 11.8 Å². The van der Waals surface area contributed by atoms with Crippen LogP contribution in [0.4, 0.5) is 5.69 Å². The zero-order valence-electron chi connectivity index (χ0n) is 18.9. The van der Waals surface area contributed by atoms with Crippen molar-refractivity contribution in [3.8, 4) is 0 Å². The van der Waals surface area contributed by atoms with Crippen LogP contribution in [0.5, 0.6) is 0 Å². The number of nitrogens with one attached hydrogen (secondary N) is 1. The maximum absolute atomic E-state index is 13.1. The minimum atomic E-state index is -0.532. The van der Waals surface area contributed by atoms with Gasteiger partial charge in [-0.1, -0.05) is 23.9 Å². The van der Waals surface area contributed by atoms with Crippen molar-refractivity contribution >= 4 is 40.2 Å². The molecule has 0 saturated heterocycles. The molecule has 0 aliphatic rings. The molecule has 174 valence electrons. The second-order valence-corrected chi connectivity index (χ2v) is 9.14. The van der Waals surface area contributed by atoms with Crippen LogP contribution in [0.15, 0.2) is 58.5 Å². The van der Waals surface area contributed by atoms with Crippen LogP contribution in [0.1, 0.15) is 37.6 Å². The van der Waals surface area contributed by atoms with Gasteiger partial charge in [-0.15, -0.1) is 0 Å². The molecule has 1 atom stereocenters. The Balaban J connectivity index is 1.79. The molecular formula is C24H28N4O4S. The van der Waals surface area contributed by atoms with E-state index < -0.39 is 11.2 Å². The fourth-order valence-electron chi connectivity index (χ4n) is 3.15. The lowest BCUT2D eigenvalue weighted by Gasteiger charge is -2.17. The lowest BCUT2D eigenvalue weighted by molar-refractivity contribution is -0.115. The molecule has 0 fully saturated rings. The molecule has 9 heteroatoms. The van der Waals surface area contributed by atoms with E-state index in [0.717, 1.165) is 0 Å². The van der Waals surface area contributed by atoms with Crippen molar-refractivity contribution in [1.29, 1.82) is 0 Å². The van der Waals surface area contributed by atoms with Gasteiger partial charge in [0.2, 0.25) is 11.8 Å². The maximum Gasteiger partial charge on any atom is 0.262 e. The Morgan fingerprint density at radius 3 is 2.48 bits per heavy atom. The number of carbonyl (C=O) groups is 2. The highest BCUT2D eigenvalue weighted by molar-refractivity contribution is 8.00. The number of para-hydroxylation sites is 1. The van der Waals surface area contributed by atoms with Crippen molar-refractivity contribution < 1.29 is 14.3 Å². The average molecular weight is 469 g/mol. The van der Waals surface area contributed by atoms with E-state index in [4.69, 9.17) is 10.5 Å². The molecule has 33 heavy (non-hydrogen) atoms. The van der Waals surface area contributed by atoms with Gasteiger partial charge in [0.05, 0.1) is 22.3 Å². The fourth-order valence-corrected chi connectivity index (χ4v) is 4.08. The summed E-state index contributed by atoms with van der Waals surface area (Å²) in [5, 5.41) is 3.32. The second-order valence-electron chi connectivity index (χ2n) is 7.83. The summed E-state index contributed by atoms with van der Waals surface area (Å²) in [7, 11) is 0. The minimum Gasteiger partial charge on any atom is -0.379 e. The van der Waals surface area contributed by atoms with Crippen molar-refractivity contribution in [1.82, 2.24) is 9.55 Å². The van der Waals surface area contributed by atoms with Crippen molar-refractivity contribution in [3.05, 3.63) is 64.4 Å². The summed E-state index contributed by atoms with van der Waals surface area (Å²) in [6, 6.07) is 13.5. The SMILES string of the molecule is CC(C)OCCCn1c(S[C@H](C)C(=O)Nc2ccc(C(N)=O)cc2)nc2ccccc2c1=O. The molecule has 0 spiro atoms. The lowest BCUT2D eigenvalue weighted by Crippen LogP contribution is -2.27. The first kappa shape index (κ1) is 24.5. The van der Waals surface area contributed by atoms with E-state index in [2.05, 4.69) is 10.3 Å². The van der Waals surface area contributed by atoms with Crippen LogP contribution in [0, 0.1) is 0 Å². The summed E-state index contributed by atoms with van der Waals surface area (Å²) in [5.41, 5.74) is 6.62. The van der Waals surface area contributed by atoms with E-state index in [1.54, 1.807) is 47.9 Å². The van der Waals surface area contributed by atoms with Crippen molar-refractivity contribution in [2.24, 2.45) is 5.73 Å². The van der Waals surface area contributed by atoms with Crippen LogP contribution in [-0.4, -0.2) is 39.3 Å². The number of nitrogens with zero attached hydrogens (tertiary/aromatic N) is 2. The van der Waals surface area contributed by atoms with Gasteiger partial charge in [-0.05, 0) is 63.6 Å². The molecule has 0 bridgehead atoms. The quantitative estimate of drug-likeness (QED) is 0.268. The van der Waals surface area contributed by atoms with Crippen molar-refractivity contribution in [2.45, 2.75) is 50.2 Å². The monoisotopic (exact) mass is 468 g/mol. The van der Waals surface area contributed by atoms with E-state index in [-0.39, 0.29) is 17.6 Å². The topological polar surface area (TPSA) is 116 Å². The van der Waals surface area contributed by atoms with Gasteiger partial charge in [-0.3, -0.25) is 19.0 Å². The number of anilines is 1. The third-order valence-electron chi connectivity index (χ3n) is 4.89. The summed E-state index contributed by atoms with van der Waals surface area (Å²) in [4.78, 5) is 41.8. The molecule has 1 aromatic heterocycles. The third kappa shape index (κ3) is 6.43. The number of benzene rings is 2. The number of amides is 2. The molecule has 0 radical (unpaired) electrons. The van der Waals surface area contributed by atoms with Crippen LogP contribution in [0.25, 0.3) is 10.9 Å². The molecule has 0 saturated carbocycles. The predicted octanol–water partition coefficient (Wildman–Crippen LogP) is 3.43. The highest BCUT2D eigenvalue weighted by Gasteiger charge is 2.20. The van der Waals surface area contributed by atoms with E-state index in [0.29, 0.717) is 46.9 Å². The minimum absolute atomic E-state index is 0.117. The van der Waals surface area contributed by atoms with Crippen molar-refractivity contribution in [3.63, 3.8) is 0 Å². The molecule has 0 aliphatic heterocycles. The van der Waals surface area contributed by atoms with Gasteiger partial charge in [0.1, 0.15) is 0 Å². The average Bonchev–Trinajstić information content (AvgIpc) is 2.78. The number of thioether (sulfide) groups is 1. The van der Waals surface area contributed by atoms with Gasteiger partial charge in [-0.25, -0.2) is 4.98 Å². The van der Waals surface area contributed by atoms with Gasteiger partial charge in [0.15, 0.2) is 5.16 Å². The first-order chi connectivity index (χ1) is 15.8. The Bertz CT molecular complexity index is 1190. The third-order valence-corrected chi connectivity index (χ3v) is 5.98. The van der Waals surface area contributed by atoms with E-state index in [1.807, 2.05) is 26.0 Å². The molecule has 3 N–H and O–H groups in total. The molecular weight excluding hydrogens is 440 g/mol. The number of ether oxygens (including phenoxy) is 1. The summed E-state index contributed by atoms with van der Waals surface area (Å²) < 4.78 is 7.22. The fraction of sp³-hybridized carbons (Fsp3) is 0.333. The van der Waals surface area contributed by atoms with Crippen molar-refractivity contribution in [2.75, 3.05) is 11.9 Å². The highest BCUT2D eigenvalue weighted by Crippen LogP contribution is 2.24. The molecule has 1 heterocycles. The predicted molar refractivity (Wildman–Crippen MR) is 131 cm³/mol. The van der Waals surface area contributed by atoms with Crippen LogP contribution >= 0.6 is 11.8 Å². The Hall–Kier alpha value is -3.17. The van der Waals surface area contributed by atoms with Gasteiger partial charge >= 0.3 is 0 Å². The number of aromatic nitrogens is 2. The van der Waals surface area contributed by atoms with Gasteiger partial charge < -0.3 is 15.8 Å². The normalized spacial score (nSPS) is 12.1. The zero-order chi connectivity index (χ0) is 24.0. The second kappa shape index (κ2) is 11.1. The number of hydrogen-bond acceptors (Lipinski definition) is 6. The summed E-state index contributed by atoms with van der Waals surface area (Å²) >= 11 is 1.22. The number of fused-ring (bicyclic) bond motifs is 1. The standard InChI is InChI=1S/C24H28N4O4S/c1-15(2)32-14-6-13-28-23(31)19-7-4-5-8-20(19)27-24(28)33-16(3)22(30)26-18-11-9-17(10-12-18)21(25)29/h4-5,7-12,15-16H,6,13-14H2,1-3H3,(H2,25,29)(H,26,30)/t16-/m1/s1. The molecule has 2 aromatic carbocycles. The Morgan fingerprint density at radius 2 is 1.82 bits per heavy atom. The largest absolute Gasteiger partial charge is 0.379 e. The summed E-state index contributed by atoms with van der Waals surface area (Å²) in [5.74, 6) is -0.778. The number of nitrogens with two attached hydrogens (primary N) is 1. The molecule has 8 nitrogen and oxygen atoms in total. The van der Waals surface area contributed by atoms with Crippen LogP contribution in [0.3, 0.4) is 0 Å². The number of rotatable bonds is 10. The van der Waals surface area contributed by atoms with Crippen LogP contribution in [-0.2, 0) is 16.1 Å². The highest BCUT2D eigenvalue weighted by atomic mass is 32.2. The molecule has 0 unspecified atom stereocenters. The van der Waals surface area contributed by atoms with Crippen LogP contribution < -0.4 is 16.6 Å². The van der Waals surface area contributed by atoms with Crippen LogP contribution in [0.2, 0.25) is 0 Å². The molecule has 3 rings (SSSR count). The Morgan fingerprint density at radius 1 is 1.12 bits per heavy atom. The lowest BCUT2D eigenvalue weighted by atomic mass is 10.2. The Kier molecular flexibility index (Phi) is 8.24. The first-order valence-corrected chi connectivity index (χ1v) is 11.6. The molecule has 3 aromatic rings. The number of primary amides is 1. The smallest absolute Gasteiger partial charge is 0.262 e. The zero-order valence-corrected chi connectivity index (χ0v) is 19.7. The molecule has 2 amide bonds. The Labute approximate surface area is 196 Å². The number of hydrogen-bond donors (Lipinski definition) is 2.